The van der Waals surface area contributed by atoms with Crippen LogP contribution in [0.4, 0.5) is 0 Å². The Hall–Kier alpha value is -2.75. The number of phenolic OH excluding ortho intramolecular Hbond substituents is 1. The third kappa shape index (κ3) is 2.25. The molecule has 0 aliphatic carbocycles. The molecule has 0 aliphatic rings. The number of aromatic hydroxyl groups is 1. The van der Waals surface area contributed by atoms with Gasteiger partial charge in [0.15, 0.2) is 0 Å². The molecule has 1 aromatic heterocycles. The van der Waals surface area contributed by atoms with Gasteiger partial charge in [-0.05, 0) is 30.7 Å². The Balaban J connectivity index is 2.24. The third-order valence-electron chi connectivity index (χ3n) is 3.71. The molecule has 0 saturated heterocycles. The van der Waals surface area contributed by atoms with Gasteiger partial charge in [-0.2, -0.15) is 0 Å². The van der Waals surface area contributed by atoms with Crippen LogP contribution >= 0.6 is 0 Å². The van der Waals surface area contributed by atoms with E-state index in [1.54, 1.807) is 30.5 Å². The van der Waals surface area contributed by atoms with Crippen LogP contribution in [0.5, 0.6) is 5.75 Å². The normalized spacial score (nSPS) is 12.4. The quantitative estimate of drug-likeness (QED) is 0.689. The van der Waals surface area contributed by atoms with Crippen LogP contribution in [0.15, 0.2) is 48.7 Å². The minimum atomic E-state index is -0.679. The lowest BCUT2D eigenvalue weighted by Crippen LogP contribution is -2.22. The Bertz CT molecular complexity index is 821. The maximum Gasteiger partial charge on any atom is 0.229 e. The van der Waals surface area contributed by atoms with E-state index in [-0.39, 0.29) is 5.75 Å². The summed E-state index contributed by atoms with van der Waals surface area (Å²) in [6.07, 6.45) is 1.78. The van der Waals surface area contributed by atoms with Crippen molar-refractivity contribution in [1.29, 1.82) is 0 Å². The molecular weight excluding hydrogens is 264 g/mol. The summed E-state index contributed by atoms with van der Waals surface area (Å²) in [6.45, 7) is 2.00. The fourth-order valence-corrected chi connectivity index (χ4v) is 2.70. The van der Waals surface area contributed by atoms with Crippen LogP contribution in [0.1, 0.15) is 22.6 Å². The molecular formula is C17H16N2O2. The van der Waals surface area contributed by atoms with Crippen LogP contribution in [-0.4, -0.2) is 16.0 Å². The number of nitrogens with two attached hydrogens (primary N) is 1. The van der Waals surface area contributed by atoms with E-state index in [1.807, 2.05) is 25.1 Å². The molecule has 0 saturated carbocycles. The van der Waals surface area contributed by atoms with Gasteiger partial charge in [-0.25, -0.2) is 0 Å². The molecule has 0 fully saturated rings. The molecule has 0 spiro atoms. The van der Waals surface area contributed by atoms with E-state index in [0.717, 1.165) is 22.0 Å². The number of benzene rings is 2. The first-order valence-electron chi connectivity index (χ1n) is 6.73. The fraction of sp³-hybridized carbons (Fsp3) is 0.118. The fourth-order valence-electron chi connectivity index (χ4n) is 2.70. The zero-order chi connectivity index (χ0) is 15.0. The number of aryl methyl sites for hydroxylation is 1. The van der Waals surface area contributed by atoms with E-state index < -0.39 is 11.8 Å². The number of nitrogens with one attached hydrogen (secondary N) is 1. The molecule has 0 radical (unpaired) electrons. The first-order chi connectivity index (χ1) is 10.1. The van der Waals surface area contributed by atoms with Crippen LogP contribution in [0.3, 0.4) is 0 Å². The number of hydrogen-bond acceptors (Lipinski definition) is 2. The van der Waals surface area contributed by atoms with Crippen molar-refractivity contribution in [3.8, 4) is 5.75 Å². The predicted molar refractivity (Wildman–Crippen MR) is 82.2 cm³/mol. The SMILES string of the molecule is Cc1ccc2[nH]cc(C(C(N)=O)c3ccccc3O)c2c1. The largest absolute Gasteiger partial charge is 0.508 e. The Kier molecular flexibility index (Phi) is 3.14. The van der Waals surface area contributed by atoms with E-state index in [1.165, 1.54) is 0 Å². The van der Waals surface area contributed by atoms with Crippen LogP contribution in [-0.2, 0) is 4.79 Å². The lowest BCUT2D eigenvalue weighted by atomic mass is 9.89. The van der Waals surface area contributed by atoms with Gasteiger partial charge in [0.2, 0.25) is 5.91 Å². The van der Waals surface area contributed by atoms with Crippen molar-refractivity contribution in [3.05, 3.63) is 65.4 Å². The van der Waals surface area contributed by atoms with E-state index in [2.05, 4.69) is 4.98 Å². The van der Waals surface area contributed by atoms with Crippen LogP contribution in [0.2, 0.25) is 0 Å². The van der Waals surface area contributed by atoms with Gasteiger partial charge in [0.25, 0.3) is 0 Å². The Morgan fingerprint density at radius 3 is 2.67 bits per heavy atom. The average Bonchev–Trinajstić information content (AvgIpc) is 2.84. The molecule has 2 aromatic carbocycles. The molecule has 21 heavy (non-hydrogen) atoms. The molecule has 106 valence electrons. The number of primary amides is 1. The first kappa shape index (κ1) is 13.2. The summed E-state index contributed by atoms with van der Waals surface area (Å²) in [5.74, 6) is -1.09. The number of H-pyrrole nitrogens is 1. The second kappa shape index (κ2) is 4.98. The summed E-state index contributed by atoms with van der Waals surface area (Å²) in [6, 6.07) is 12.8. The highest BCUT2D eigenvalue weighted by Gasteiger charge is 2.25. The summed E-state index contributed by atoms with van der Waals surface area (Å²) >= 11 is 0. The number of fused-ring (bicyclic) bond motifs is 1. The van der Waals surface area contributed by atoms with Crippen molar-refractivity contribution in [2.75, 3.05) is 0 Å². The number of rotatable bonds is 3. The third-order valence-corrected chi connectivity index (χ3v) is 3.71. The first-order valence-corrected chi connectivity index (χ1v) is 6.73. The van der Waals surface area contributed by atoms with Crippen LogP contribution < -0.4 is 5.73 Å². The van der Waals surface area contributed by atoms with E-state index in [9.17, 15) is 9.90 Å². The minimum absolute atomic E-state index is 0.0725. The summed E-state index contributed by atoms with van der Waals surface area (Å²) in [5.41, 5.74) is 8.94. The smallest absolute Gasteiger partial charge is 0.229 e. The molecule has 3 rings (SSSR count). The Morgan fingerprint density at radius 2 is 1.95 bits per heavy atom. The highest BCUT2D eigenvalue weighted by Crippen LogP contribution is 2.35. The monoisotopic (exact) mass is 280 g/mol. The lowest BCUT2D eigenvalue weighted by molar-refractivity contribution is -0.118. The van der Waals surface area contributed by atoms with Crippen molar-refractivity contribution in [2.45, 2.75) is 12.8 Å². The van der Waals surface area contributed by atoms with Crippen LogP contribution in [0, 0.1) is 6.92 Å². The van der Waals surface area contributed by atoms with Gasteiger partial charge in [0, 0.05) is 22.7 Å². The summed E-state index contributed by atoms with van der Waals surface area (Å²) in [7, 11) is 0. The van der Waals surface area contributed by atoms with E-state index in [4.69, 9.17) is 5.73 Å². The molecule has 1 amide bonds. The van der Waals surface area contributed by atoms with Crippen molar-refractivity contribution >= 4 is 16.8 Å². The van der Waals surface area contributed by atoms with Gasteiger partial charge in [-0.3, -0.25) is 4.79 Å². The second-order valence-corrected chi connectivity index (χ2v) is 5.19. The van der Waals surface area contributed by atoms with Crippen molar-refractivity contribution < 1.29 is 9.90 Å². The molecule has 1 atom stereocenters. The van der Waals surface area contributed by atoms with Crippen molar-refractivity contribution in [3.63, 3.8) is 0 Å². The molecule has 3 aromatic rings. The predicted octanol–water partition coefficient (Wildman–Crippen LogP) is 2.80. The molecule has 4 heteroatoms. The van der Waals surface area contributed by atoms with Gasteiger partial charge in [0.1, 0.15) is 5.75 Å². The highest BCUT2D eigenvalue weighted by molar-refractivity contribution is 5.94. The zero-order valence-electron chi connectivity index (χ0n) is 11.6. The molecule has 4 N–H and O–H groups in total. The van der Waals surface area contributed by atoms with E-state index in [0.29, 0.717) is 5.56 Å². The summed E-state index contributed by atoms with van der Waals surface area (Å²) < 4.78 is 0. The number of aromatic nitrogens is 1. The molecule has 0 bridgehead atoms. The van der Waals surface area contributed by atoms with Crippen molar-refractivity contribution in [1.82, 2.24) is 4.98 Å². The van der Waals surface area contributed by atoms with Gasteiger partial charge in [-0.1, -0.05) is 29.8 Å². The number of phenols is 1. The summed E-state index contributed by atoms with van der Waals surface area (Å²) in [5, 5.41) is 11.0. The maximum absolute atomic E-state index is 12.0. The molecule has 1 unspecified atom stereocenters. The van der Waals surface area contributed by atoms with Crippen molar-refractivity contribution in [2.24, 2.45) is 5.73 Å². The number of para-hydroxylation sites is 1. The highest BCUT2D eigenvalue weighted by atomic mass is 16.3. The molecule has 4 nitrogen and oxygen atoms in total. The molecule has 1 heterocycles. The number of aromatic amines is 1. The van der Waals surface area contributed by atoms with Gasteiger partial charge < -0.3 is 15.8 Å². The van der Waals surface area contributed by atoms with Gasteiger partial charge >= 0.3 is 0 Å². The second-order valence-electron chi connectivity index (χ2n) is 5.19. The number of carbonyl (C=O) groups is 1. The van der Waals surface area contributed by atoms with Gasteiger partial charge in [0.05, 0.1) is 5.92 Å². The minimum Gasteiger partial charge on any atom is -0.508 e. The number of hydrogen-bond donors (Lipinski definition) is 3. The Morgan fingerprint density at radius 1 is 1.19 bits per heavy atom. The summed E-state index contributed by atoms with van der Waals surface area (Å²) in [4.78, 5) is 15.1. The average molecular weight is 280 g/mol. The Labute approximate surface area is 122 Å². The standard InChI is InChI=1S/C17H16N2O2/c1-10-6-7-14-12(8-10)13(9-19-14)16(17(18)21)11-4-2-3-5-15(11)20/h2-9,16,19-20H,1H3,(H2,18,21). The number of carbonyl (C=O) groups excluding carboxylic acids is 1. The van der Waals surface area contributed by atoms with Crippen LogP contribution in [0.25, 0.3) is 10.9 Å². The molecule has 0 aliphatic heterocycles. The zero-order valence-corrected chi connectivity index (χ0v) is 11.6. The number of amides is 1. The maximum atomic E-state index is 12.0. The van der Waals surface area contributed by atoms with Gasteiger partial charge in [-0.15, -0.1) is 0 Å². The van der Waals surface area contributed by atoms with E-state index >= 15 is 0 Å². The topological polar surface area (TPSA) is 79.1 Å². The lowest BCUT2D eigenvalue weighted by Gasteiger charge is -2.15.